The molecule has 13 unspecified atom stereocenters. The van der Waals surface area contributed by atoms with E-state index in [4.69, 9.17) is 23.7 Å². The van der Waals surface area contributed by atoms with E-state index >= 15 is 0 Å². The Bertz CT molecular complexity index is 1350. The van der Waals surface area contributed by atoms with Crippen LogP contribution in [-0.4, -0.2) is 175 Å². The molecule has 4 saturated carbocycles. The molecule has 2 aliphatic heterocycles. The second-order valence-corrected chi connectivity index (χ2v) is 18.7. The van der Waals surface area contributed by atoms with E-state index in [2.05, 4.69) is 0 Å². The Morgan fingerprint density at radius 2 is 1.46 bits per heavy atom. The quantitative estimate of drug-likeness (QED) is 0.0993. The molecule has 11 N–H and O–H groups in total. The van der Waals surface area contributed by atoms with Gasteiger partial charge in [-0.2, -0.15) is 0 Å². The summed E-state index contributed by atoms with van der Waals surface area (Å²) in [5.74, 6) is -2.66. The summed E-state index contributed by atoms with van der Waals surface area (Å²) in [5, 5.41) is 121. The highest BCUT2D eigenvalue weighted by atomic mass is 16.8. The maximum Gasteiger partial charge on any atom is 0.187 e. The number of hydrogen-bond acceptors (Lipinski definition) is 16. The average molecular weight is 805 g/mol. The minimum absolute atomic E-state index is 0.0273. The Kier molecular flexibility index (Phi) is 13.4. The maximum atomic E-state index is 12.7. The molecule has 4 aliphatic carbocycles. The predicted octanol–water partition coefficient (Wildman–Crippen LogP) is -1.60. The molecule has 0 aromatic rings. The molecular weight excluding hydrogens is 736 g/mol. The third-order valence-electron chi connectivity index (χ3n) is 15.2. The van der Waals surface area contributed by atoms with Crippen molar-refractivity contribution in [3.05, 3.63) is 12.2 Å². The van der Waals surface area contributed by atoms with E-state index in [1.54, 1.807) is 0 Å². The molecule has 0 amide bonds. The van der Waals surface area contributed by atoms with Crippen molar-refractivity contribution in [3.8, 4) is 0 Å². The first-order valence-corrected chi connectivity index (χ1v) is 20.5. The minimum atomic E-state index is -1.51. The number of hydrogen-bond donors (Lipinski definition) is 11. The van der Waals surface area contributed by atoms with Gasteiger partial charge in [-0.15, -0.1) is 0 Å². The molecule has 6 rings (SSSR count). The van der Waals surface area contributed by atoms with Crippen molar-refractivity contribution in [2.45, 2.75) is 158 Å². The van der Waals surface area contributed by atoms with E-state index in [9.17, 15) is 56.2 Å². The predicted molar refractivity (Wildman–Crippen MR) is 196 cm³/mol. The van der Waals surface area contributed by atoms with Crippen molar-refractivity contribution in [1.29, 1.82) is 0 Å². The summed E-state index contributed by atoms with van der Waals surface area (Å²) >= 11 is 0. The molecule has 16 heteroatoms. The van der Waals surface area contributed by atoms with Crippen LogP contribution in [0.15, 0.2) is 12.2 Å². The second kappa shape index (κ2) is 16.9. The van der Waals surface area contributed by atoms with Gasteiger partial charge in [0.2, 0.25) is 0 Å². The van der Waals surface area contributed by atoms with Crippen LogP contribution in [0.1, 0.15) is 66.7 Å². The summed E-state index contributed by atoms with van der Waals surface area (Å²) in [4.78, 5) is 0. The highest BCUT2D eigenvalue weighted by Crippen LogP contribution is 2.69. The molecule has 56 heavy (non-hydrogen) atoms. The van der Waals surface area contributed by atoms with Crippen LogP contribution in [0, 0.1) is 52.3 Å². The van der Waals surface area contributed by atoms with Crippen LogP contribution in [0.2, 0.25) is 0 Å². The van der Waals surface area contributed by atoms with Crippen molar-refractivity contribution >= 4 is 0 Å². The number of ether oxygens (including phenoxy) is 5. The molecule has 6 fully saturated rings. The van der Waals surface area contributed by atoms with E-state index < -0.39 is 127 Å². The first-order chi connectivity index (χ1) is 26.3. The van der Waals surface area contributed by atoms with Crippen LogP contribution in [0.25, 0.3) is 0 Å². The lowest BCUT2D eigenvalue weighted by molar-refractivity contribution is -0.308. The van der Waals surface area contributed by atoms with Crippen molar-refractivity contribution in [2.75, 3.05) is 26.9 Å². The zero-order chi connectivity index (χ0) is 41.2. The second-order valence-electron chi connectivity index (χ2n) is 18.7. The van der Waals surface area contributed by atoms with Gasteiger partial charge in [0.15, 0.2) is 12.6 Å². The van der Waals surface area contributed by atoms with E-state index in [0.29, 0.717) is 25.7 Å². The number of aliphatic hydroxyl groups excluding tert-OH is 10. The Labute approximate surface area is 329 Å². The molecule has 23 atom stereocenters. The summed E-state index contributed by atoms with van der Waals surface area (Å²) in [6, 6.07) is 0. The fraction of sp³-hybridized carbons (Fsp3) is 0.950. The number of aliphatic hydroxyl groups is 11. The zero-order valence-corrected chi connectivity index (χ0v) is 33.4. The molecule has 6 aliphatic rings. The monoisotopic (exact) mass is 804 g/mol. The van der Waals surface area contributed by atoms with Gasteiger partial charge in [0.1, 0.15) is 42.7 Å². The van der Waals surface area contributed by atoms with Crippen molar-refractivity contribution in [1.82, 2.24) is 0 Å². The smallest absolute Gasteiger partial charge is 0.187 e. The molecule has 0 aromatic heterocycles. The molecule has 2 saturated heterocycles. The molecule has 0 aromatic carbocycles. The third kappa shape index (κ3) is 7.45. The summed E-state index contributed by atoms with van der Waals surface area (Å²) in [7, 11) is 1.31. The van der Waals surface area contributed by atoms with Crippen molar-refractivity contribution < 1.29 is 79.9 Å². The van der Waals surface area contributed by atoms with Crippen LogP contribution >= 0.6 is 0 Å². The van der Waals surface area contributed by atoms with Crippen LogP contribution in [0.5, 0.6) is 0 Å². The number of methoxy groups -OCH3 is 1. The van der Waals surface area contributed by atoms with Crippen molar-refractivity contribution in [3.63, 3.8) is 0 Å². The van der Waals surface area contributed by atoms with Crippen LogP contribution < -0.4 is 0 Å². The molecule has 2 heterocycles. The zero-order valence-electron chi connectivity index (χ0n) is 33.4. The summed E-state index contributed by atoms with van der Waals surface area (Å²) < 4.78 is 29.0. The molecule has 0 bridgehead atoms. The Hall–Kier alpha value is -0.900. The highest BCUT2D eigenvalue weighted by molar-refractivity contribution is 5.23. The Balaban J connectivity index is 1.17. The van der Waals surface area contributed by atoms with Crippen LogP contribution in [-0.2, 0) is 23.7 Å². The molecular formula is C40H68O16. The van der Waals surface area contributed by atoms with E-state index in [-0.39, 0.29) is 43.3 Å². The van der Waals surface area contributed by atoms with Gasteiger partial charge in [0.05, 0.1) is 55.9 Å². The number of fused-ring (bicyclic) bond motifs is 5. The number of rotatable bonds is 12. The maximum absolute atomic E-state index is 12.7. The van der Waals surface area contributed by atoms with Crippen LogP contribution in [0.4, 0.5) is 0 Å². The van der Waals surface area contributed by atoms with E-state index in [1.807, 2.05) is 46.8 Å². The summed E-state index contributed by atoms with van der Waals surface area (Å²) in [6.07, 6.45) is -11.3. The molecule has 0 radical (unpaired) electrons. The first-order valence-electron chi connectivity index (χ1n) is 20.5. The van der Waals surface area contributed by atoms with Gasteiger partial charge in [-0.1, -0.05) is 46.8 Å². The van der Waals surface area contributed by atoms with E-state index in [0.717, 1.165) is 0 Å². The molecule has 0 spiro atoms. The SMILES string of the molecule is COC1C(OC2C(OCC(/C=C/[C@@H](C)[C@H]3[C@@H](O)[C@@H](O)C4[C@]5(O)C[C@H](O)C6[C@@H](O)[C@@H](O)CC[C@]6(C)C5CC[C@@]43C)C(C)C)OC(C(O)CO)C2O)OCC(O)C1O. The van der Waals surface area contributed by atoms with Gasteiger partial charge in [-0.05, 0) is 60.2 Å². The van der Waals surface area contributed by atoms with Crippen LogP contribution in [0.3, 0.4) is 0 Å². The normalized spacial score (nSPS) is 52.4. The standard InChI is InChI=1S/C40H68O16/c1-17(2)19(15-53-37-34(31(50)32(55-37)22(44)14-41)56-36-33(52-6)28(47)23(45)16-54-36)8-7-18(3)25-29(48)30(49)35-39(25,5)12-10-24-38(4)11-9-20(42)27(46)26(38)21(43)13-40(24,35)51/h7-8,17-37,41-51H,9-16H2,1-6H3/b8-7+/t18-,19?,20+,21+,22?,23?,24?,25+,26?,27+,28?,29-,30-,31?,32?,33?,34?,35?,36?,37?,38-,39-,40+/m1/s1. The third-order valence-corrected chi connectivity index (χ3v) is 15.2. The highest BCUT2D eigenvalue weighted by Gasteiger charge is 2.73. The van der Waals surface area contributed by atoms with Gasteiger partial charge in [-0.3, -0.25) is 0 Å². The van der Waals surface area contributed by atoms with Gasteiger partial charge in [0, 0.05) is 31.3 Å². The fourth-order valence-electron chi connectivity index (χ4n) is 12.3. The summed E-state index contributed by atoms with van der Waals surface area (Å²) in [5.41, 5.74) is -2.90. The first kappa shape index (κ1) is 44.6. The van der Waals surface area contributed by atoms with Gasteiger partial charge < -0.3 is 79.9 Å². The molecule has 16 nitrogen and oxygen atoms in total. The van der Waals surface area contributed by atoms with Gasteiger partial charge in [0.25, 0.3) is 0 Å². The average Bonchev–Trinajstić information content (AvgIpc) is 3.55. The Morgan fingerprint density at radius 3 is 2.11 bits per heavy atom. The largest absolute Gasteiger partial charge is 0.394 e. The summed E-state index contributed by atoms with van der Waals surface area (Å²) in [6.45, 7) is 9.05. The van der Waals surface area contributed by atoms with Crippen molar-refractivity contribution in [2.24, 2.45) is 52.3 Å². The Morgan fingerprint density at radius 1 is 0.786 bits per heavy atom. The minimum Gasteiger partial charge on any atom is -0.394 e. The molecule has 324 valence electrons. The lowest BCUT2D eigenvalue weighted by Gasteiger charge is -2.66. The van der Waals surface area contributed by atoms with Gasteiger partial charge >= 0.3 is 0 Å². The van der Waals surface area contributed by atoms with Gasteiger partial charge in [-0.25, -0.2) is 0 Å². The topological polar surface area (TPSA) is 269 Å². The lowest BCUT2D eigenvalue weighted by atomic mass is 9.41. The van der Waals surface area contributed by atoms with E-state index in [1.165, 1.54) is 7.11 Å². The number of allylic oxidation sites excluding steroid dienone is 1. The fourth-order valence-corrected chi connectivity index (χ4v) is 12.3. The lowest BCUT2D eigenvalue weighted by Crippen LogP contribution is -2.71.